The molecule has 0 spiro atoms. The summed E-state index contributed by atoms with van der Waals surface area (Å²) in [6.45, 7) is 26.3. The lowest BCUT2D eigenvalue weighted by Crippen LogP contribution is -2.68. The largest absolute Gasteiger partial charge is 0.462 e. The van der Waals surface area contributed by atoms with Gasteiger partial charge in [0.25, 0.3) is 0 Å². The Morgan fingerprint density at radius 3 is 2.11 bits per heavy atom. The third-order valence-corrected chi connectivity index (χ3v) is 23.3. The summed E-state index contributed by atoms with van der Waals surface area (Å²) >= 11 is 0. The van der Waals surface area contributed by atoms with Crippen LogP contribution in [0.3, 0.4) is 0 Å². The van der Waals surface area contributed by atoms with E-state index in [4.69, 9.17) is 9.47 Å². The maximum Gasteiger partial charge on any atom is 0.309 e. The highest BCUT2D eigenvalue weighted by molar-refractivity contribution is 5.85. The van der Waals surface area contributed by atoms with E-state index in [0.717, 1.165) is 104 Å². The molecule has 0 unspecified atom stereocenters. The van der Waals surface area contributed by atoms with E-state index in [1.165, 1.54) is 56.9 Å². The van der Waals surface area contributed by atoms with Crippen LogP contribution >= 0.6 is 0 Å². The maximum absolute atomic E-state index is 15.4. The van der Waals surface area contributed by atoms with Crippen LogP contribution < -0.4 is 0 Å². The molecule has 9 aliphatic rings. The second-order valence-electron chi connectivity index (χ2n) is 26.5. The highest BCUT2D eigenvalue weighted by atomic mass is 16.5. The topological polar surface area (TPSA) is 76.2 Å². The molecule has 2 heterocycles. The van der Waals surface area contributed by atoms with Crippen LogP contribution in [0, 0.1) is 85.2 Å². The molecular formula is C58H88N2O5. The van der Waals surface area contributed by atoms with Crippen molar-refractivity contribution >= 4 is 17.7 Å². The number of benzene rings is 1. The first-order chi connectivity index (χ1) is 30.9. The number of morpholine rings is 1. The lowest BCUT2D eigenvalue weighted by molar-refractivity contribution is -0.253. The number of ether oxygens (including phenoxy) is 2. The van der Waals surface area contributed by atoms with Gasteiger partial charge in [-0.2, -0.15) is 0 Å². The molecule has 9 fully saturated rings. The van der Waals surface area contributed by atoms with E-state index < -0.39 is 0 Å². The number of nitrogens with zero attached hydrogens (tertiary/aromatic N) is 2. The molecule has 0 radical (unpaired) electrons. The normalized spacial score (nSPS) is 42.9. The minimum atomic E-state index is -0.236. The fraction of sp³-hybridized carbons (Fsp3) is 0.845. The Morgan fingerprint density at radius 2 is 1.42 bits per heavy atom. The second-order valence-corrected chi connectivity index (χ2v) is 26.5. The smallest absolute Gasteiger partial charge is 0.309 e. The number of fused-ring (bicyclic) bond motifs is 7. The monoisotopic (exact) mass is 893 g/mol. The molecule has 1 aromatic rings. The quantitative estimate of drug-likeness (QED) is 0.206. The van der Waals surface area contributed by atoms with Crippen molar-refractivity contribution in [2.45, 2.75) is 177 Å². The lowest BCUT2D eigenvalue weighted by Gasteiger charge is -2.73. The van der Waals surface area contributed by atoms with Gasteiger partial charge in [0.15, 0.2) is 0 Å². The van der Waals surface area contributed by atoms with Crippen molar-refractivity contribution in [2.75, 3.05) is 45.9 Å². The van der Waals surface area contributed by atoms with Crippen LogP contribution in [-0.4, -0.2) is 79.5 Å². The third-order valence-electron chi connectivity index (χ3n) is 23.3. The average Bonchev–Trinajstić information content (AvgIpc) is 3.91. The molecule has 7 nitrogen and oxygen atoms in total. The lowest BCUT2D eigenvalue weighted by atomic mass is 9.32. The molecule has 12 atom stereocenters. The molecule has 65 heavy (non-hydrogen) atoms. The van der Waals surface area contributed by atoms with Crippen molar-refractivity contribution in [3.8, 4) is 0 Å². The molecule has 0 N–H and O–H groups in total. The summed E-state index contributed by atoms with van der Waals surface area (Å²) < 4.78 is 12.3. The summed E-state index contributed by atoms with van der Waals surface area (Å²) in [6.07, 6.45) is 19.5. The van der Waals surface area contributed by atoms with Crippen molar-refractivity contribution in [1.29, 1.82) is 0 Å². The molecular weight excluding hydrogens is 805 g/mol. The minimum absolute atomic E-state index is 0.0234. The zero-order chi connectivity index (χ0) is 45.8. The zero-order valence-electron chi connectivity index (χ0n) is 42.2. The molecule has 1 aromatic carbocycles. The van der Waals surface area contributed by atoms with Gasteiger partial charge in [-0.15, -0.1) is 0 Å². The molecule has 10 rings (SSSR count). The predicted molar refractivity (Wildman–Crippen MR) is 258 cm³/mol. The first-order valence-corrected chi connectivity index (χ1v) is 27.2. The Bertz CT molecular complexity index is 1940. The summed E-state index contributed by atoms with van der Waals surface area (Å²) in [7, 11) is 0. The zero-order valence-corrected chi connectivity index (χ0v) is 42.2. The summed E-state index contributed by atoms with van der Waals surface area (Å²) in [5.41, 5.74) is 2.01. The Balaban J connectivity index is 0.816. The fourth-order valence-corrected chi connectivity index (χ4v) is 18.6. The number of carbonyl (C=O) groups is 3. The van der Waals surface area contributed by atoms with Crippen LogP contribution in [0.2, 0.25) is 0 Å². The first kappa shape index (κ1) is 46.5. The van der Waals surface area contributed by atoms with Gasteiger partial charge in [0, 0.05) is 43.9 Å². The Hall–Kier alpha value is -2.25. The second kappa shape index (κ2) is 16.7. The van der Waals surface area contributed by atoms with Gasteiger partial charge in [0.1, 0.15) is 11.9 Å². The number of Topliss-reactive ketones (excluding diaryl/α,β-unsaturated/α-hetero) is 1. The number of hydrogen-bond donors (Lipinski definition) is 0. The SMILES string of the molecule is CC1([C@@H]2CC[C@]3(C(=O)N4CCC(C(=O)CCCN5CCOCC5)CC4)CC[C@]4(C)[C@H](CC[C@@H]5[C@@]6(C)CC[C@H](OC(=O)[C@H]7C[C@@H](Cc8ccccc8)C7(C)C)C(C)(C)[C@@H]6CC[C@]54C)[C@@H]23)CC1. The number of rotatable bonds is 11. The fourth-order valence-electron chi connectivity index (χ4n) is 18.6. The van der Waals surface area contributed by atoms with Crippen LogP contribution in [0.25, 0.3) is 0 Å². The number of carbonyl (C=O) groups excluding carboxylic acids is 3. The Morgan fingerprint density at radius 1 is 0.692 bits per heavy atom. The van der Waals surface area contributed by atoms with Crippen LogP contribution in [0.15, 0.2) is 30.3 Å². The van der Waals surface area contributed by atoms with Gasteiger partial charge in [0.05, 0.1) is 24.5 Å². The minimum Gasteiger partial charge on any atom is -0.462 e. The summed E-state index contributed by atoms with van der Waals surface area (Å²) in [4.78, 5) is 47.7. The van der Waals surface area contributed by atoms with E-state index in [1.54, 1.807) is 0 Å². The summed E-state index contributed by atoms with van der Waals surface area (Å²) in [5, 5.41) is 0. The van der Waals surface area contributed by atoms with E-state index in [-0.39, 0.29) is 56.4 Å². The molecule has 0 aromatic heterocycles. The predicted octanol–water partition coefficient (Wildman–Crippen LogP) is 11.6. The maximum atomic E-state index is 15.4. The number of ketones is 1. The van der Waals surface area contributed by atoms with E-state index >= 15 is 4.79 Å². The van der Waals surface area contributed by atoms with Crippen molar-refractivity contribution in [3.63, 3.8) is 0 Å². The van der Waals surface area contributed by atoms with Crippen molar-refractivity contribution in [3.05, 3.63) is 35.9 Å². The van der Waals surface area contributed by atoms with Gasteiger partial charge in [-0.05, 0) is 184 Å². The average molecular weight is 893 g/mol. The molecule has 7 heteroatoms. The number of hydrogen-bond acceptors (Lipinski definition) is 6. The van der Waals surface area contributed by atoms with Crippen molar-refractivity contribution in [1.82, 2.24) is 9.80 Å². The van der Waals surface area contributed by atoms with Crippen LogP contribution in [0.5, 0.6) is 0 Å². The first-order valence-electron chi connectivity index (χ1n) is 27.2. The number of amides is 1. The number of piperidine rings is 1. The van der Waals surface area contributed by atoms with Gasteiger partial charge < -0.3 is 14.4 Å². The molecule has 360 valence electrons. The highest BCUT2D eigenvalue weighted by Crippen LogP contribution is 2.79. The number of esters is 1. The molecule has 0 bridgehead atoms. The van der Waals surface area contributed by atoms with Gasteiger partial charge in [-0.25, -0.2) is 0 Å². The van der Waals surface area contributed by atoms with Crippen molar-refractivity contribution < 1.29 is 23.9 Å². The molecule has 7 saturated carbocycles. The van der Waals surface area contributed by atoms with Gasteiger partial charge in [-0.1, -0.05) is 85.7 Å². The van der Waals surface area contributed by atoms with Gasteiger partial charge in [-0.3, -0.25) is 19.3 Å². The molecule has 2 aliphatic heterocycles. The Kier molecular flexibility index (Phi) is 12.0. The molecule has 2 saturated heterocycles. The van der Waals surface area contributed by atoms with E-state index in [2.05, 4.69) is 95.5 Å². The standard InChI is InChI=1S/C58H88N2O5/c1-52(2)41(37-39-13-10-9-11-14-39)38-44(52)50(62)65-48-20-23-55(6)46(53(48,3)4)19-24-57(8)47(55)17-16-43-49-42(54(5)26-27-54)18-25-58(49,29-28-56(43,57)7)51(63)60-31-21-40(22-32-60)45(61)15-12-30-59-33-35-64-36-34-59/h9-11,13-14,40-44,46-49H,12,15-38H2,1-8H3/t41-,42-,43-,44-,46+,47-,48+,49-,55+,56-,57-,58+/m1/s1. The van der Waals surface area contributed by atoms with Gasteiger partial charge >= 0.3 is 5.97 Å². The number of likely N-dealkylation sites (tertiary alicyclic amines) is 1. The molecule has 7 aliphatic carbocycles. The third kappa shape index (κ3) is 7.47. The van der Waals surface area contributed by atoms with E-state index in [9.17, 15) is 9.59 Å². The van der Waals surface area contributed by atoms with Gasteiger partial charge in [0.2, 0.25) is 5.91 Å². The van der Waals surface area contributed by atoms with Crippen LogP contribution in [-0.2, 0) is 30.3 Å². The van der Waals surface area contributed by atoms with E-state index in [0.29, 0.717) is 59.0 Å². The van der Waals surface area contributed by atoms with Crippen molar-refractivity contribution in [2.24, 2.45) is 85.2 Å². The summed E-state index contributed by atoms with van der Waals surface area (Å²) in [5.74, 6) is 4.41. The molecule has 1 amide bonds. The van der Waals surface area contributed by atoms with E-state index in [1.807, 2.05) is 0 Å². The Labute approximate surface area is 394 Å². The highest BCUT2D eigenvalue weighted by Gasteiger charge is 2.74. The van der Waals surface area contributed by atoms with Crippen LogP contribution in [0.1, 0.15) is 170 Å². The van der Waals surface area contributed by atoms with Crippen LogP contribution in [0.4, 0.5) is 0 Å². The summed E-state index contributed by atoms with van der Waals surface area (Å²) in [6, 6.07) is 10.8.